The molecule has 1 fully saturated rings. The van der Waals surface area contributed by atoms with Crippen LogP contribution in [0, 0.1) is 12.7 Å². The van der Waals surface area contributed by atoms with E-state index < -0.39 is 0 Å². The second-order valence-corrected chi connectivity index (χ2v) is 6.73. The van der Waals surface area contributed by atoms with Crippen LogP contribution in [0.15, 0.2) is 23.7 Å². The highest BCUT2D eigenvalue weighted by Crippen LogP contribution is 2.28. The summed E-state index contributed by atoms with van der Waals surface area (Å²) < 4.78 is 14.0. The molecule has 1 atom stereocenters. The molecule has 0 radical (unpaired) electrons. The molecule has 0 unspecified atom stereocenters. The summed E-state index contributed by atoms with van der Waals surface area (Å²) in [5.41, 5.74) is 2.93. The Morgan fingerprint density at radius 2 is 2.36 bits per heavy atom. The molecule has 6 heteroatoms. The molecule has 3 nitrogen and oxygen atoms in total. The summed E-state index contributed by atoms with van der Waals surface area (Å²) in [6, 6.07) is 4.69. The van der Waals surface area contributed by atoms with E-state index in [-0.39, 0.29) is 17.8 Å². The second kappa shape index (κ2) is 6.34. The third-order valence-corrected chi connectivity index (χ3v) is 5.35. The number of hydrogen-bond donors (Lipinski definition) is 0. The van der Waals surface area contributed by atoms with E-state index in [1.807, 2.05) is 11.8 Å². The first-order valence-corrected chi connectivity index (χ1v) is 8.47. The van der Waals surface area contributed by atoms with Gasteiger partial charge in [-0.05, 0) is 38.3 Å². The number of aromatic nitrogens is 1. The first-order valence-electron chi connectivity index (χ1n) is 7.22. The Balaban J connectivity index is 1.82. The van der Waals surface area contributed by atoms with E-state index in [0.717, 1.165) is 18.5 Å². The van der Waals surface area contributed by atoms with E-state index in [4.69, 9.17) is 11.6 Å². The first-order chi connectivity index (χ1) is 10.6. The van der Waals surface area contributed by atoms with Gasteiger partial charge >= 0.3 is 0 Å². The van der Waals surface area contributed by atoms with Crippen molar-refractivity contribution in [3.8, 4) is 0 Å². The van der Waals surface area contributed by atoms with Gasteiger partial charge in [-0.2, -0.15) is 0 Å². The van der Waals surface area contributed by atoms with Crippen LogP contribution < -0.4 is 0 Å². The molecular weight excluding hydrogens is 323 g/mol. The molecule has 1 aromatic heterocycles. The molecule has 1 aromatic carbocycles. The number of halogens is 2. The predicted octanol–water partition coefficient (Wildman–Crippen LogP) is 4.09. The zero-order valence-corrected chi connectivity index (χ0v) is 13.8. The highest BCUT2D eigenvalue weighted by molar-refractivity contribution is 7.11. The van der Waals surface area contributed by atoms with E-state index in [0.29, 0.717) is 28.4 Å². The maximum Gasteiger partial charge on any atom is 0.266 e. The number of rotatable bonds is 3. The molecule has 0 aliphatic carbocycles. The zero-order chi connectivity index (χ0) is 15.7. The average Bonchev–Trinajstić information content (AvgIpc) is 3.11. The minimum atomic E-state index is -0.305. The van der Waals surface area contributed by atoms with Gasteiger partial charge in [0.25, 0.3) is 5.91 Å². The Hall–Kier alpha value is -1.46. The van der Waals surface area contributed by atoms with Crippen LogP contribution in [0.3, 0.4) is 0 Å². The van der Waals surface area contributed by atoms with E-state index in [1.165, 1.54) is 17.4 Å². The lowest BCUT2D eigenvalue weighted by Gasteiger charge is -2.25. The summed E-state index contributed by atoms with van der Waals surface area (Å²) in [6.45, 7) is 2.54. The van der Waals surface area contributed by atoms with Gasteiger partial charge in [-0.1, -0.05) is 17.7 Å². The van der Waals surface area contributed by atoms with Crippen LogP contribution in [-0.2, 0) is 6.42 Å². The second-order valence-electron chi connectivity index (χ2n) is 5.47. The average molecular weight is 339 g/mol. The minimum absolute atomic E-state index is 0.00467. The van der Waals surface area contributed by atoms with Gasteiger partial charge < -0.3 is 4.90 Å². The number of nitrogens with zero attached hydrogens (tertiary/aromatic N) is 2. The van der Waals surface area contributed by atoms with Gasteiger partial charge in [0, 0.05) is 23.2 Å². The largest absolute Gasteiger partial charge is 0.335 e. The Kier molecular flexibility index (Phi) is 4.45. The maximum absolute atomic E-state index is 14.0. The monoisotopic (exact) mass is 338 g/mol. The Morgan fingerprint density at radius 3 is 3.05 bits per heavy atom. The fourth-order valence-electron chi connectivity index (χ4n) is 2.92. The summed E-state index contributed by atoms with van der Waals surface area (Å²) in [5, 5.41) is 0.424. The molecule has 22 heavy (non-hydrogen) atoms. The molecule has 3 rings (SSSR count). The standard InChI is InChI=1S/C16H16ClFN2OS/c1-10-15(22-9-19-10)16(21)20-7-3-4-11(20)8-12-13(17)5-2-6-14(12)18/h2,5-6,9,11H,3-4,7-8H2,1H3/t11-/m0/s1. The van der Waals surface area contributed by atoms with E-state index in [9.17, 15) is 9.18 Å². The smallest absolute Gasteiger partial charge is 0.266 e. The lowest BCUT2D eigenvalue weighted by Crippen LogP contribution is -2.37. The van der Waals surface area contributed by atoms with Crippen LogP contribution in [0.2, 0.25) is 5.02 Å². The van der Waals surface area contributed by atoms with Crippen LogP contribution in [0.25, 0.3) is 0 Å². The number of amides is 1. The number of benzene rings is 1. The van der Waals surface area contributed by atoms with Gasteiger partial charge in [0.15, 0.2) is 0 Å². The van der Waals surface area contributed by atoms with Gasteiger partial charge in [0.1, 0.15) is 10.7 Å². The lowest BCUT2D eigenvalue weighted by molar-refractivity contribution is 0.0740. The zero-order valence-electron chi connectivity index (χ0n) is 12.2. The molecule has 0 bridgehead atoms. The Bertz CT molecular complexity index is 683. The topological polar surface area (TPSA) is 33.2 Å². The van der Waals surface area contributed by atoms with Gasteiger partial charge in [-0.15, -0.1) is 11.3 Å². The highest BCUT2D eigenvalue weighted by Gasteiger charge is 2.32. The Morgan fingerprint density at radius 1 is 1.55 bits per heavy atom. The van der Waals surface area contributed by atoms with Crippen molar-refractivity contribution in [2.24, 2.45) is 0 Å². The van der Waals surface area contributed by atoms with Crippen molar-refractivity contribution in [3.05, 3.63) is 50.7 Å². The van der Waals surface area contributed by atoms with Crippen molar-refractivity contribution >= 4 is 28.8 Å². The van der Waals surface area contributed by atoms with Gasteiger partial charge in [-0.25, -0.2) is 9.37 Å². The van der Waals surface area contributed by atoms with Crippen LogP contribution in [0.5, 0.6) is 0 Å². The minimum Gasteiger partial charge on any atom is -0.335 e. The summed E-state index contributed by atoms with van der Waals surface area (Å²) >= 11 is 7.47. The molecule has 1 aliphatic heterocycles. The fraction of sp³-hybridized carbons (Fsp3) is 0.375. The lowest BCUT2D eigenvalue weighted by atomic mass is 10.0. The number of hydrogen-bond acceptors (Lipinski definition) is 3. The maximum atomic E-state index is 14.0. The quantitative estimate of drug-likeness (QED) is 0.844. The van der Waals surface area contributed by atoms with Crippen molar-refractivity contribution in [2.75, 3.05) is 6.54 Å². The summed E-state index contributed by atoms with van der Waals surface area (Å²) in [6.07, 6.45) is 2.25. The van der Waals surface area contributed by atoms with Crippen molar-refractivity contribution in [3.63, 3.8) is 0 Å². The van der Waals surface area contributed by atoms with Gasteiger partial charge in [0.2, 0.25) is 0 Å². The van der Waals surface area contributed by atoms with Crippen LogP contribution >= 0.6 is 22.9 Å². The molecule has 1 amide bonds. The van der Waals surface area contributed by atoms with Crippen molar-refractivity contribution in [1.82, 2.24) is 9.88 Å². The van der Waals surface area contributed by atoms with Crippen LogP contribution in [0.1, 0.15) is 33.8 Å². The summed E-state index contributed by atoms with van der Waals surface area (Å²) in [7, 11) is 0. The summed E-state index contributed by atoms with van der Waals surface area (Å²) in [5.74, 6) is -0.310. The van der Waals surface area contributed by atoms with Crippen molar-refractivity contribution in [1.29, 1.82) is 0 Å². The van der Waals surface area contributed by atoms with Crippen molar-refractivity contribution < 1.29 is 9.18 Å². The van der Waals surface area contributed by atoms with Gasteiger partial charge in [-0.3, -0.25) is 4.79 Å². The predicted molar refractivity (Wildman–Crippen MR) is 86.0 cm³/mol. The summed E-state index contributed by atoms with van der Waals surface area (Å²) in [4.78, 5) is 19.3. The normalized spacial score (nSPS) is 18.0. The molecule has 0 spiro atoms. The molecule has 0 saturated carbocycles. The number of likely N-dealkylation sites (tertiary alicyclic amines) is 1. The Labute approximate surface area is 137 Å². The van der Waals surface area contributed by atoms with Crippen LogP contribution in [0.4, 0.5) is 4.39 Å². The molecule has 1 saturated heterocycles. The fourth-order valence-corrected chi connectivity index (χ4v) is 3.91. The molecule has 1 aliphatic rings. The number of carbonyl (C=O) groups is 1. The molecule has 116 valence electrons. The number of carbonyl (C=O) groups excluding carboxylic acids is 1. The first kappa shape index (κ1) is 15.4. The molecule has 2 aromatic rings. The van der Waals surface area contributed by atoms with E-state index in [2.05, 4.69) is 4.98 Å². The molecule has 2 heterocycles. The number of thiazole rings is 1. The van der Waals surface area contributed by atoms with Gasteiger partial charge in [0.05, 0.1) is 11.2 Å². The van der Waals surface area contributed by atoms with Crippen LogP contribution in [-0.4, -0.2) is 28.4 Å². The highest BCUT2D eigenvalue weighted by atomic mass is 35.5. The SMILES string of the molecule is Cc1ncsc1C(=O)N1CCC[C@H]1Cc1c(F)cccc1Cl. The molecule has 0 N–H and O–H groups in total. The van der Waals surface area contributed by atoms with Crippen molar-refractivity contribution in [2.45, 2.75) is 32.2 Å². The number of aryl methyl sites for hydroxylation is 1. The van der Waals surface area contributed by atoms with E-state index >= 15 is 0 Å². The molecular formula is C16H16ClFN2OS. The van der Waals surface area contributed by atoms with E-state index in [1.54, 1.807) is 17.6 Å². The third-order valence-electron chi connectivity index (χ3n) is 4.08. The third kappa shape index (κ3) is 2.88.